The molecule has 7 nitrogen and oxygen atoms in total. The summed E-state index contributed by atoms with van der Waals surface area (Å²) in [5, 5.41) is 3.63. The molecular weight excluding hydrogens is 392 g/mol. The van der Waals surface area contributed by atoms with E-state index >= 15 is 0 Å². The lowest BCUT2D eigenvalue weighted by molar-refractivity contribution is 0.0599. The highest BCUT2D eigenvalue weighted by Gasteiger charge is 2.27. The van der Waals surface area contributed by atoms with Crippen LogP contribution < -0.4 is 5.32 Å². The van der Waals surface area contributed by atoms with Crippen molar-refractivity contribution < 1.29 is 14.3 Å². The van der Waals surface area contributed by atoms with E-state index in [2.05, 4.69) is 15.3 Å². The van der Waals surface area contributed by atoms with Crippen LogP contribution in [0.4, 0.5) is 0 Å². The average Bonchev–Trinajstić information content (AvgIpc) is 3.29. The van der Waals surface area contributed by atoms with Crippen molar-refractivity contribution in [2.24, 2.45) is 7.05 Å². The maximum absolute atomic E-state index is 13.2. The Labute approximate surface area is 174 Å². The standard InChI is InChI=1S/C21H23ClN4O3/c1-5-15-16(21(28)29-4)12(2)17(24-15)20(27)25-18(19-23-10-11-26(19)3)13-6-8-14(22)9-7-13/h6-11,18,24H,5H2,1-4H3,(H,25,27)/t18-/m0/s1. The van der Waals surface area contributed by atoms with Crippen LogP contribution in [0, 0.1) is 6.92 Å². The zero-order valence-corrected chi connectivity index (χ0v) is 17.5. The molecule has 2 heterocycles. The number of esters is 1. The van der Waals surface area contributed by atoms with Crippen molar-refractivity contribution in [3.8, 4) is 0 Å². The van der Waals surface area contributed by atoms with Crippen LogP contribution in [0.2, 0.25) is 5.02 Å². The van der Waals surface area contributed by atoms with E-state index in [9.17, 15) is 9.59 Å². The van der Waals surface area contributed by atoms with Gasteiger partial charge in [-0.15, -0.1) is 0 Å². The van der Waals surface area contributed by atoms with E-state index in [0.717, 1.165) is 5.56 Å². The van der Waals surface area contributed by atoms with E-state index in [1.165, 1.54) is 7.11 Å². The lowest BCUT2D eigenvalue weighted by Gasteiger charge is -2.19. The van der Waals surface area contributed by atoms with Crippen LogP contribution in [0.15, 0.2) is 36.7 Å². The summed E-state index contributed by atoms with van der Waals surface area (Å²) in [6.45, 7) is 3.64. The normalized spacial score (nSPS) is 11.9. The number of amides is 1. The van der Waals surface area contributed by atoms with Gasteiger partial charge in [0.2, 0.25) is 0 Å². The van der Waals surface area contributed by atoms with Crippen molar-refractivity contribution in [2.45, 2.75) is 26.3 Å². The molecular formula is C21H23ClN4O3. The first kappa shape index (κ1) is 20.7. The fourth-order valence-electron chi connectivity index (χ4n) is 3.34. The number of nitrogens with zero attached hydrogens (tertiary/aromatic N) is 2. The van der Waals surface area contributed by atoms with E-state index in [1.54, 1.807) is 25.3 Å². The quantitative estimate of drug-likeness (QED) is 0.603. The predicted octanol–water partition coefficient (Wildman–Crippen LogP) is 3.58. The smallest absolute Gasteiger partial charge is 0.339 e. The molecule has 29 heavy (non-hydrogen) atoms. The van der Waals surface area contributed by atoms with Gasteiger partial charge in [-0.1, -0.05) is 30.7 Å². The number of rotatable bonds is 6. The second-order valence-electron chi connectivity index (χ2n) is 6.68. The number of benzene rings is 1. The highest BCUT2D eigenvalue weighted by Crippen LogP contribution is 2.25. The molecule has 1 amide bonds. The first-order valence-electron chi connectivity index (χ1n) is 9.20. The van der Waals surface area contributed by atoms with Crippen molar-refractivity contribution in [1.29, 1.82) is 0 Å². The third kappa shape index (κ3) is 4.05. The van der Waals surface area contributed by atoms with Gasteiger partial charge >= 0.3 is 5.97 Å². The molecule has 152 valence electrons. The molecule has 1 atom stereocenters. The molecule has 8 heteroatoms. The number of halogens is 1. The summed E-state index contributed by atoms with van der Waals surface area (Å²) in [6, 6.07) is 6.74. The summed E-state index contributed by atoms with van der Waals surface area (Å²) >= 11 is 6.02. The number of aryl methyl sites for hydroxylation is 2. The first-order valence-corrected chi connectivity index (χ1v) is 9.58. The van der Waals surface area contributed by atoms with Gasteiger partial charge in [0.05, 0.1) is 12.7 Å². The molecule has 3 aromatic rings. The number of aromatic amines is 1. The van der Waals surface area contributed by atoms with Crippen LogP contribution in [0.3, 0.4) is 0 Å². The Hall–Kier alpha value is -3.06. The van der Waals surface area contributed by atoms with Crippen LogP contribution in [0.5, 0.6) is 0 Å². The zero-order valence-electron chi connectivity index (χ0n) is 16.7. The largest absolute Gasteiger partial charge is 0.465 e. The number of ether oxygens (including phenoxy) is 1. The van der Waals surface area contributed by atoms with Gasteiger partial charge in [-0.25, -0.2) is 9.78 Å². The number of carbonyl (C=O) groups is 2. The fourth-order valence-corrected chi connectivity index (χ4v) is 3.47. The number of aromatic nitrogens is 3. The molecule has 0 radical (unpaired) electrons. The van der Waals surface area contributed by atoms with Gasteiger partial charge in [-0.3, -0.25) is 4.79 Å². The Bertz CT molecular complexity index is 1040. The number of hydrogen-bond donors (Lipinski definition) is 2. The molecule has 0 saturated carbocycles. The zero-order chi connectivity index (χ0) is 21.1. The number of imidazole rings is 1. The molecule has 3 rings (SSSR count). The molecule has 2 N–H and O–H groups in total. The van der Waals surface area contributed by atoms with Gasteiger partial charge in [0.15, 0.2) is 0 Å². The molecule has 0 spiro atoms. The Balaban J connectivity index is 2.00. The molecule has 0 unspecified atom stereocenters. The minimum atomic E-state index is -0.492. The maximum Gasteiger partial charge on any atom is 0.339 e. The summed E-state index contributed by atoms with van der Waals surface area (Å²) < 4.78 is 6.72. The highest BCUT2D eigenvalue weighted by molar-refractivity contribution is 6.30. The Morgan fingerprint density at radius 2 is 2.00 bits per heavy atom. The van der Waals surface area contributed by atoms with Crippen LogP contribution in [-0.4, -0.2) is 33.5 Å². The first-order chi connectivity index (χ1) is 13.9. The molecule has 0 aliphatic rings. The van der Waals surface area contributed by atoms with Crippen LogP contribution in [0.25, 0.3) is 0 Å². The molecule has 1 aromatic carbocycles. The molecule has 0 aliphatic carbocycles. The van der Waals surface area contributed by atoms with Crippen molar-refractivity contribution in [3.63, 3.8) is 0 Å². The van der Waals surface area contributed by atoms with Crippen LogP contribution in [0.1, 0.15) is 56.5 Å². The van der Waals surface area contributed by atoms with E-state index in [4.69, 9.17) is 16.3 Å². The number of carbonyl (C=O) groups excluding carboxylic acids is 2. The minimum Gasteiger partial charge on any atom is -0.465 e. The lowest BCUT2D eigenvalue weighted by atomic mass is 10.0. The Morgan fingerprint density at radius 1 is 1.31 bits per heavy atom. The van der Waals surface area contributed by atoms with Gasteiger partial charge in [0.1, 0.15) is 17.6 Å². The Kier molecular flexibility index (Phi) is 6.08. The second-order valence-corrected chi connectivity index (χ2v) is 7.11. The van der Waals surface area contributed by atoms with Gasteiger partial charge in [-0.2, -0.15) is 0 Å². The van der Waals surface area contributed by atoms with E-state index in [0.29, 0.717) is 39.8 Å². The summed E-state index contributed by atoms with van der Waals surface area (Å²) in [6.07, 6.45) is 4.06. The van der Waals surface area contributed by atoms with Crippen LogP contribution >= 0.6 is 11.6 Å². The SMILES string of the molecule is CCc1[nH]c(C(=O)N[C@@H](c2ccc(Cl)cc2)c2nccn2C)c(C)c1C(=O)OC. The van der Waals surface area contributed by atoms with Gasteiger partial charge in [-0.05, 0) is 36.6 Å². The number of hydrogen-bond acceptors (Lipinski definition) is 4. The molecule has 0 bridgehead atoms. The summed E-state index contributed by atoms with van der Waals surface area (Å²) in [7, 11) is 3.19. The second kappa shape index (κ2) is 8.53. The van der Waals surface area contributed by atoms with Crippen molar-refractivity contribution in [2.75, 3.05) is 7.11 Å². The maximum atomic E-state index is 13.2. The Morgan fingerprint density at radius 3 is 2.55 bits per heavy atom. The van der Waals surface area contributed by atoms with Crippen molar-refractivity contribution in [1.82, 2.24) is 19.9 Å². The van der Waals surface area contributed by atoms with Gasteiger partial charge in [0, 0.05) is 30.2 Å². The van der Waals surface area contributed by atoms with Crippen LogP contribution in [-0.2, 0) is 18.2 Å². The summed E-state index contributed by atoms with van der Waals surface area (Å²) in [5.74, 6) is -0.128. The van der Waals surface area contributed by atoms with E-state index in [1.807, 2.05) is 36.9 Å². The van der Waals surface area contributed by atoms with Gasteiger partial charge < -0.3 is 19.6 Å². The summed E-state index contributed by atoms with van der Waals surface area (Å²) in [4.78, 5) is 32.8. The highest BCUT2D eigenvalue weighted by atomic mass is 35.5. The minimum absolute atomic E-state index is 0.329. The summed E-state index contributed by atoms with van der Waals surface area (Å²) in [5.41, 5.74) is 2.79. The number of nitrogens with one attached hydrogen (secondary N) is 2. The predicted molar refractivity (Wildman–Crippen MR) is 110 cm³/mol. The number of methoxy groups -OCH3 is 1. The van der Waals surface area contributed by atoms with Crippen molar-refractivity contribution >= 4 is 23.5 Å². The molecule has 0 saturated heterocycles. The molecule has 0 aliphatic heterocycles. The fraction of sp³-hybridized carbons (Fsp3) is 0.286. The van der Waals surface area contributed by atoms with Gasteiger partial charge in [0.25, 0.3) is 5.91 Å². The molecule has 2 aromatic heterocycles. The van der Waals surface area contributed by atoms with Crippen molar-refractivity contribution in [3.05, 3.63) is 75.6 Å². The van der Waals surface area contributed by atoms with E-state index < -0.39 is 12.0 Å². The third-order valence-corrected chi connectivity index (χ3v) is 5.15. The monoisotopic (exact) mass is 414 g/mol. The third-order valence-electron chi connectivity index (χ3n) is 4.89. The number of H-pyrrole nitrogens is 1. The van der Waals surface area contributed by atoms with E-state index in [-0.39, 0.29) is 5.91 Å². The molecule has 0 fully saturated rings. The average molecular weight is 415 g/mol. The lowest BCUT2D eigenvalue weighted by Crippen LogP contribution is -2.31. The topological polar surface area (TPSA) is 89.0 Å².